The molecule has 0 spiro atoms. The molecule has 2 saturated carbocycles. The second-order valence-electron chi connectivity index (χ2n) is 9.73. The standard InChI is InChI=1S/C23H31N7O5S2/c1-3-7-36-23-25-21(24-16-10-15(16)12-5-4-6-14(8-12)28-37(2,34)35)18-22(26-23)30(29-27-18)17-9-13(11-31)19(32)20(17)33/h4-6,8,13,15-17,19-20,28,31-33H,3,7,9-11H2,1-2H3,(H,24,25,26)/t13-,15-,16+,17?,19-,20?/m1/s1. The first-order valence-corrected chi connectivity index (χ1v) is 15.1. The third-order valence-electron chi connectivity index (χ3n) is 6.79. The third-order valence-corrected chi connectivity index (χ3v) is 8.45. The zero-order chi connectivity index (χ0) is 26.3. The summed E-state index contributed by atoms with van der Waals surface area (Å²) in [5.41, 5.74) is 2.46. The summed E-state index contributed by atoms with van der Waals surface area (Å²) < 4.78 is 27.3. The molecule has 3 aromatic rings. The molecular formula is C23H31N7O5S2. The number of rotatable bonds is 10. The fraction of sp³-hybridized carbons (Fsp3) is 0.565. The Bertz CT molecular complexity index is 1390. The predicted octanol–water partition coefficient (Wildman–Crippen LogP) is 1.34. The van der Waals surface area contributed by atoms with Crippen LogP contribution in [0.1, 0.15) is 43.7 Å². The van der Waals surface area contributed by atoms with Crippen LogP contribution in [0.25, 0.3) is 11.2 Å². The van der Waals surface area contributed by atoms with Crippen LogP contribution in [-0.2, 0) is 10.0 Å². The maximum absolute atomic E-state index is 11.6. The maximum Gasteiger partial charge on any atom is 0.229 e. The van der Waals surface area contributed by atoms with Crippen molar-refractivity contribution in [1.82, 2.24) is 25.0 Å². The van der Waals surface area contributed by atoms with Crippen LogP contribution in [0.4, 0.5) is 11.5 Å². The van der Waals surface area contributed by atoms with Gasteiger partial charge in [-0.3, -0.25) is 4.72 Å². The van der Waals surface area contributed by atoms with Gasteiger partial charge in [0.25, 0.3) is 0 Å². The number of aliphatic hydroxyl groups is 3. The summed E-state index contributed by atoms with van der Waals surface area (Å²) in [5.74, 6) is 1.09. The number of sulfonamides is 1. The van der Waals surface area contributed by atoms with E-state index in [1.165, 1.54) is 16.4 Å². The first-order valence-electron chi connectivity index (χ1n) is 12.3. The van der Waals surface area contributed by atoms with E-state index >= 15 is 0 Å². The lowest BCUT2D eigenvalue weighted by molar-refractivity contribution is -0.00512. The van der Waals surface area contributed by atoms with Gasteiger partial charge >= 0.3 is 0 Å². The van der Waals surface area contributed by atoms with Gasteiger partial charge < -0.3 is 20.6 Å². The smallest absolute Gasteiger partial charge is 0.229 e. The molecule has 37 heavy (non-hydrogen) atoms. The molecule has 2 heterocycles. The first kappa shape index (κ1) is 26.1. The quantitative estimate of drug-likeness (QED) is 0.182. The van der Waals surface area contributed by atoms with Crippen molar-refractivity contribution in [2.75, 3.05) is 28.7 Å². The minimum Gasteiger partial charge on any atom is -0.396 e. The molecule has 14 heteroatoms. The predicted molar refractivity (Wildman–Crippen MR) is 140 cm³/mol. The molecule has 0 saturated heterocycles. The van der Waals surface area contributed by atoms with E-state index in [9.17, 15) is 23.7 Å². The van der Waals surface area contributed by atoms with Gasteiger partial charge in [0.1, 0.15) is 6.10 Å². The molecule has 2 aliphatic rings. The Hall–Kier alpha value is -2.52. The van der Waals surface area contributed by atoms with Gasteiger partial charge in [-0.1, -0.05) is 36.0 Å². The van der Waals surface area contributed by atoms with Crippen LogP contribution in [0, 0.1) is 5.92 Å². The monoisotopic (exact) mass is 549 g/mol. The highest BCUT2D eigenvalue weighted by Crippen LogP contribution is 2.44. The van der Waals surface area contributed by atoms with E-state index in [1.54, 1.807) is 6.07 Å². The van der Waals surface area contributed by atoms with E-state index in [0.29, 0.717) is 34.2 Å². The van der Waals surface area contributed by atoms with Crippen LogP contribution in [0.2, 0.25) is 0 Å². The summed E-state index contributed by atoms with van der Waals surface area (Å²) in [6, 6.07) is 6.85. The maximum atomic E-state index is 11.6. The minimum absolute atomic E-state index is 0.0680. The Morgan fingerprint density at radius 3 is 2.70 bits per heavy atom. The molecule has 6 atom stereocenters. The Morgan fingerprint density at radius 2 is 2.00 bits per heavy atom. The van der Waals surface area contributed by atoms with E-state index in [0.717, 1.165) is 30.4 Å². The summed E-state index contributed by atoms with van der Waals surface area (Å²) in [5, 5.41) is 43.1. The van der Waals surface area contributed by atoms with E-state index in [4.69, 9.17) is 4.98 Å². The number of anilines is 2. The Labute approximate surface area is 219 Å². The molecule has 1 aromatic carbocycles. The van der Waals surface area contributed by atoms with Gasteiger partial charge in [0, 0.05) is 35.9 Å². The largest absolute Gasteiger partial charge is 0.396 e. The fourth-order valence-corrected chi connectivity index (χ4v) is 6.11. The molecule has 0 bridgehead atoms. The van der Waals surface area contributed by atoms with Crippen molar-refractivity contribution >= 4 is 44.5 Å². The number of aliphatic hydroxyl groups excluding tert-OH is 3. The third kappa shape index (κ3) is 5.53. The zero-order valence-electron chi connectivity index (χ0n) is 20.5. The number of aromatic nitrogens is 5. The number of nitrogens with zero attached hydrogens (tertiary/aromatic N) is 5. The summed E-state index contributed by atoms with van der Waals surface area (Å²) in [6.45, 7) is 1.84. The average molecular weight is 550 g/mol. The van der Waals surface area contributed by atoms with Gasteiger partial charge in [-0.05, 0) is 37.0 Å². The van der Waals surface area contributed by atoms with Crippen molar-refractivity contribution < 1.29 is 23.7 Å². The molecule has 2 aliphatic carbocycles. The van der Waals surface area contributed by atoms with Crippen molar-refractivity contribution in [3.8, 4) is 0 Å². The molecular weight excluding hydrogens is 518 g/mol. The Balaban J connectivity index is 1.42. The summed E-state index contributed by atoms with van der Waals surface area (Å²) >= 11 is 1.51. The minimum atomic E-state index is -3.37. The lowest BCUT2D eigenvalue weighted by Gasteiger charge is -2.17. The first-order chi connectivity index (χ1) is 17.7. The highest BCUT2D eigenvalue weighted by atomic mass is 32.2. The van der Waals surface area contributed by atoms with Gasteiger partial charge in [-0.15, -0.1) is 5.10 Å². The van der Waals surface area contributed by atoms with Crippen LogP contribution in [0.15, 0.2) is 29.4 Å². The number of hydrogen-bond acceptors (Lipinski definition) is 11. The van der Waals surface area contributed by atoms with E-state index in [2.05, 4.69) is 32.3 Å². The van der Waals surface area contributed by atoms with Gasteiger partial charge in [0.15, 0.2) is 22.1 Å². The van der Waals surface area contributed by atoms with Gasteiger partial charge in [0.2, 0.25) is 10.0 Å². The van der Waals surface area contributed by atoms with Crippen molar-refractivity contribution in [3.05, 3.63) is 29.8 Å². The highest BCUT2D eigenvalue weighted by molar-refractivity contribution is 7.99. The molecule has 12 nitrogen and oxygen atoms in total. The normalized spacial score (nSPS) is 27.5. The SMILES string of the molecule is CCCSc1nc(N[C@H]2C[C@@H]2c2cccc(NS(C)(=O)=O)c2)c2nnn(C3C[C@H](CO)[C@@H](O)C3O)c2n1. The Morgan fingerprint density at radius 1 is 1.19 bits per heavy atom. The van der Waals surface area contributed by atoms with Crippen molar-refractivity contribution in [1.29, 1.82) is 0 Å². The van der Waals surface area contributed by atoms with Crippen LogP contribution >= 0.6 is 11.8 Å². The molecule has 5 N–H and O–H groups in total. The van der Waals surface area contributed by atoms with Gasteiger partial charge in [0.05, 0.1) is 18.4 Å². The van der Waals surface area contributed by atoms with Crippen molar-refractivity contribution in [3.63, 3.8) is 0 Å². The number of nitrogens with one attached hydrogen (secondary N) is 2. The fourth-order valence-electron chi connectivity index (χ4n) is 4.86. The molecule has 2 fully saturated rings. The summed E-state index contributed by atoms with van der Waals surface area (Å²) in [4.78, 5) is 9.37. The molecule has 0 aliphatic heterocycles. The van der Waals surface area contributed by atoms with Crippen LogP contribution < -0.4 is 10.0 Å². The second-order valence-corrected chi connectivity index (χ2v) is 12.5. The average Bonchev–Trinajstić information content (AvgIpc) is 3.40. The highest BCUT2D eigenvalue weighted by Gasteiger charge is 2.44. The second kappa shape index (κ2) is 10.3. The topological polar surface area (TPSA) is 175 Å². The molecule has 0 amide bonds. The van der Waals surface area contributed by atoms with Crippen molar-refractivity contribution in [2.24, 2.45) is 5.92 Å². The number of hydrogen-bond donors (Lipinski definition) is 5. The van der Waals surface area contributed by atoms with E-state index in [-0.39, 0.29) is 18.6 Å². The lowest BCUT2D eigenvalue weighted by atomic mass is 10.1. The van der Waals surface area contributed by atoms with E-state index < -0.39 is 34.2 Å². The van der Waals surface area contributed by atoms with Crippen LogP contribution in [-0.4, -0.2) is 85.6 Å². The summed E-state index contributed by atoms with van der Waals surface area (Å²) in [6.07, 6.45) is 1.11. The zero-order valence-corrected chi connectivity index (χ0v) is 22.2. The lowest BCUT2D eigenvalue weighted by Crippen LogP contribution is -2.30. The number of benzene rings is 1. The van der Waals surface area contributed by atoms with Crippen molar-refractivity contribution in [2.45, 2.75) is 61.6 Å². The number of fused-ring (bicyclic) bond motifs is 1. The molecule has 2 unspecified atom stereocenters. The van der Waals surface area contributed by atoms with Gasteiger partial charge in [-0.2, -0.15) is 0 Å². The molecule has 200 valence electrons. The Kier molecular flexibility index (Phi) is 7.29. The van der Waals surface area contributed by atoms with Gasteiger partial charge in [-0.25, -0.2) is 23.1 Å². The van der Waals surface area contributed by atoms with Crippen LogP contribution in [0.3, 0.4) is 0 Å². The molecule has 0 radical (unpaired) electrons. The molecule has 5 rings (SSSR count). The number of thioether (sulfide) groups is 1. The van der Waals surface area contributed by atoms with E-state index in [1.807, 2.05) is 18.2 Å². The van der Waals surface area contributed by atoms with Crippen LogP contribution in [0.5, 0.6) is 0 Å². The molecule has 2 aromatic heterocycles. The summed E-state index contributed by atoms with van der Waals surface area (Å²) in [7, 11) is -3.37.